The Morgan fingerprint density at radius 2 is 1.55 bits per heavy atom. The number of ether oxygens (including phenoxy) is 1. The fourth-order valence-corrected chi connectivity index (χ4v) is 3.44. The quantitative estimate of drug-likeness (QED) is 0.798. The van der Waals surface area contributed by atoms with Gasteiger partial charge in [0.1, 0.15) is 5.41 Å². The van der Waals surface area contributed by atoms with Crippen molar-refractivity contribution in [3.05, 3.63) is 0 Å². The maximum Gasteiger partial charge on any atom is 0.319 e. The Kier molecular flexibility index (Phi) is 3.71. The Morgan fingerprint density at radius 1 is 1.00 bits per heavy atom. The number of hydrogen-bond donors (Lipinski definition) is 1. The van der Waals surface area contributed by atoms with Crippen LogP contribution in [0.2, 0.25) is 0 Å². The van der Waals surface area contributed by atoms with Gasteiger partial charge in [-0.2, -0.15) is 0 Å². The molecule has 2 saturated carbocycles. The third-order valence-electron chi connectivity index (χ3n) is 4.99. The van der Waals surface area contributed by atoms with Crippen molar-refractivity contribution in [2.24, 2.45) is 5.41 Å². The zero-order valence-corrected chi connectivity index (χ0v) is 11.8. The van der Waals surface area contributed by atoms with Gasteiger partial charge in [0.25, 0.3) is 0 Å². The van der Waals surface area contributed by atoms with Crippen LogP contribution in [0, 0.1) is 5.41 Å². The van der Waals surface area contributed by atoms with E-state index in [-0.39, 0.29) is 12.0 Å². The third-order valence-corrected chi connectivity index (χ3v) is 4.99. The van der Waals surface area contributed by atoms with E-state index < -0.39 is 11.4 Å². The Balaban J connectivity index is 1.48. The smallest absolute Gasteiger partial charge is 0.319 e. The highest BCUT2D eigenvalue weighted by Gasteiger charge is 2.58. The van der Waals surface area contributed by atoms with E-state index in [1.807, 2.05) is 0 Å². The number of carbonyl (C=O) groups excluding carboxylic acids is 1. The van der Waals surface area contributed by atoms with Gasteiger partial charge in [-0.1, -0.05) is 12.8 Å². The van der Waals surface area contributed by atoms with Crippen LogP contribution in [-0.4, -0.2) is 47.2 Å². The van der Waals surface area contributed by atoms with E-state index in [0.717, 1.165) is 12.8 Å². The molecule has 1 amide bonds. The van der Waals surface area contributed by atoms with E-state index >= 15 is 0 Å². The zero-order chi connectivity index (χ0) is 14.2. The summed E-state index contributed by atoms with van der Waals surface area (Å²) in [4.78, 5) is 25.2. The third kappa shape index (κ3) is 2.55. The number of nitrogens with zero attached hydrogens (tertiary/aromatic N) is 1. The van der Waals surface area contributed by atoms with Crippen molar-refractivity contribution in [2.75, 3.05) is 13.1 Å². The lowest BCUT2D eigenvalue weighted by molar-refractivity contribution is -0.154. The number of carboxylic acid groups (broad SMARTS) is 1. The molecule has 3 aliphatic rings. The number of likely N-dealkylation sites (tertiary alicyclic amines) is 1. The van der Waals surface area contributed by atoms with Gasteiger partial charge in [-0.3, -0.25) is 9.59 Å². The number of aliphatic carboxylic acids is 1. The van der Waals surface area contributed by atoms with Crippen molar-refractivity contribution in [2.45, 2.75) is 63.6 Å². The molecular weight excluding hydrogens is 258 g/mol. The van der Waals surface area contributed by atoms with Crippen LogP contribution in [-0.2, 0) is 14.3 Å². The van der Waals surface area contributed by atoms with Crippen LogP contribution < -0.4 is 0 Å². The molecule has 5 nitrogen and oxygen atoms in total. The summed E-state index contributed by atoms with van der Waals surface area (Å²) in [5.41, 5.74) is -1.08. The number of rotatable bonds is 4. The summed E-state index contributed by atoms with van der Waals surface area (Å²) >= 11 is 0. The highest BCUT2D eigenvalue weighted by molar-refractivity contribution is 6.04. The minimum atomic E-state index is -1.08. The second-order valence-electron chi connectivity index (χ2n) is 6.42. The van der Waals surface area contributed by atoms with Crippen LogP contribution in [0.1, 0.15) is 51.4 Å². The first-order chi connectivity index (χ1) is 9.62. The highest BCUT2D eigenvalue weighted by Crippen LogP contribution is 2.47. The molecule has 1 heterocycles. The second kappa shape index (κ2) is 5.35. The van der Waals surface area contributed by atoms with Crippen LogP contribution in [0.15, 0.2) is 0 Å². The van der Waals surface area contributed by atoms with E-state index in [9.17, 15) is 14.7 Å². The molecule has 1 N–H and O–H groups in total. The van der Waals surface area contributed by atoms with Gasteiger partial charge in [0.15, 0.2) is 0 Å². The van der Waals surface area contributed by atoms with Gasteiger partial charge in [0, 0.05) is 13.1 Å². The van der Waals surface area contributed by atoms with Crippen LogP contribution >= 0.6 is 0 Å². The summed E-state index contributed by atoms with van der Waals surface area (Å²) in [5, 5.41) is 9.17. The second-order valence-corrected chi connectivity index (χ2v) is 6.42. The molecule has 0 aromatic heterocycles. The minimum Gasteiger partial charge on any atom is -0.480 e. The van der Waals surface area contributed by atoms with Crippen LogP contribution in [0.4, 0.5) is 0 Å². The summed E-state index contributed by atoms with van der Waals surface area (Å²) in [6.07, 6.45) is 8.22. The molecule has 1 aliphatic heterocycles. The van der Waals surface area contributed by atoms with E-state index in [4.69, 9.17) is 4.74 Å². The molecule has 0 radical (unpaired) electrons. The molecule has 20 heavy (non-hydrogen) atoms. The lowest BCUT2D eigenvalue weighted by Crippen LogP contribution is -2.46. The molecule has 1 saturated heterocycles. The number of hydrogen-bond acceptors (Lipinski definition) is 3. The van der Waals surface area contributed by atoms with Crippen LogP contribution in [0.5, 0.6) is 0 Å². The predicted molar refractivity (Wildman–Crippen MR) is 72.2 cm³/mol. The number of carboxylic acids is 1. The molecule has 2 aliphatic carbocycles. The van der Waals surface area contributed by atoms with Gasteiger partial charge in [-0.25, -0.2) is 0 Å². The standard InChI is InChI=1S/C15H23NO4/c17-13(15(7-8-15)14(18)19)16-9-5-12(6-10-16)20-11-3-1-2-4-11/h11-12H,1-10H2,(H,18,19). The van der Waals surface area contributed by atoms with Crippen LogP contribution in [0.25, 0.3) is 0 Å². The predicted octanol–water partition coefficient (Wildman–Crippen LogP) is 1.80. The number of carbonyl (C=O) groups is 2. The Labute approximate surface area is 119 Å². The summed E-state index contributed by atoms with van der Waals surface area (Å²) in [6, 6.07) is 0. The molecule has 3 fully saturated rings. The monoisotopic (exact) mass is 281 g/mol. The molecule has 0 aromatic rings. The fourth-order valence-electron chi connectivity index (χ4n) is 3.44. The lowest BCUT2D eigenvalue weighted by Gasteiger charge is -2.34. The molecule has 0 atom stereocenters. The van der Waals surface area contributed by atoms with Gasteiger partial charge in [-0.05, 0) is 38.5 Å². The van der Waals surface area contributed by atoms with Gasteiger partial charge in [-0.15, -0.1) is 0 Å². The molecule has 0 bridgehead atoms. The summed E-state index contributed by atoms with van der Waals surface area (Å²) < 4.78 is 6.07. The minimum absolute atomic E-state index is 0.177. The Hall–Kier alpha value is -1.10. The van der Waals surface area contributed by atoms with Gasteiger partial charge in [0.05, 0.1) is 12.2 Å². The first kappa shape index (κ1) is 13.9. The van der Waals surface area contributed by atoms with E-state index in [1.54, 1.807) is 4.90 Å². The van der Waals surface area contributed by atoms with E-state index in [2.05, 4.69) is 0 Å². The maximum atomic E-state index is 12.3. The van der Waals surface area contributed by atoms with Gasteiger partial charge < -0.3 is 14.7 Å². The zero-order valence-electron chi connectivity index (χ0n) is 11.8. The summed E-state index contributed by atoms with van der Waals surface area (Å²) in [5.74, 6) is -1.13. The van der Waals surface area contributed by atoms with Gasteiger partial charge >= 0.3 is 5.97 Å². The van der Waals surface area contributed by atoms with Crippen molar-refractivity contribution in [1.82, 2.24) is 4.90 Å². The molecule has 5 heteroatoms. The van der Waals surface area contributed by atoms with E-state index in [0.29, 0.717) is 32.0 Å². The van der Waals surface area contributed by atoms with Crippen LogP contribution in [0.3, 0.4) is 0 Å². The topological polar surface area (TPSA) is 66.8 Å². The number of amides is 1. The average Bonchev–Trinajstić information content (AvgIpc) is 3.12. The summed E-state index contributed by atoms with van der Waals surface area (Å²) in [7, 11) is 0. The largest absolute Gasteiger partial charge is 0.480 e. The average molecular weight is 281 g/mol. The maximum absolute atomic E-state index is 12.3. The normalized spacial score (nSPS) is 26.7. The summed E-state index contributed by atoms with van der Waals surface area (Å²) in [6.45, 7) is 1.29. The van der Waals surface area contributed by atoms with Crippen molar-refractivity contribution in [3.8, 4) is 0 Å². The molecule has 112 valence electrons. The number of piperidine rings is 1. The SMILES string of the molecule is O=C(O)C1(C(=O)N2CCC(OC3CCCC3)CC2)CC1. The molecule has 0 spiro atoms. The first-order valence-electron chi connectivity index (χ1n) is 7.80. The van der Waals surface area contributed by atoms with Crippen molar-refractivity contribution >= 4 is 11.9 Å². The Morgan fingerprint density at radius 3 is 2.05 bits per heavy atom. The molecule has 0 unspecified atom stereocenters. The van der Waals surface area contributed by atoms with Crippen molar-refractivity contribution in [1.29, 1.82) is 0 Å². The molecular formula is C15H23NO4. The molecule has 3 rings (SSSR count). The van der Waals surface area contributed by atoms with E-state index in [1.165, 1.54) is 25.7 Å². The van der Waals surface area contributed by atoms with Crippen molar-refractivity contribution in [3.63, 3.8) is 0 Å². The van der Waals surface area contributed by atoms with Crippen molar-refractivity contribution < 1.29 is 19.4 Å². The Bertz CT molecular complexity index is 391. The van der Waals surface area contributed by atoms with Gasteiger partial charge in [0.2, 0.25) is 5.91 Å². The first-order valence-corrected chi connectivity index (χ1v) is 7.80. The lowest BCUT2D eigenvalue weighted by atomic mass is 10.0. The fraction of sp³-hybridized carbons (Fsp3) is 0.867. The highest BCUT2D eigenvalue weighted by atomic mass is 16.5. The molecule has 0 aromatic carbocycles.